The number of benzene rings is 1. The molecule has 0 bridgehead atoms. The summed E-state index contributed by atoms with van der Waals surface area (Å²) in [5.74, 6) is 0.655. The van der Waals surface area contributed by atoms with Gasteiger partial charge in [0.1, 0.15) is 9.84 Å². The van der Waals surface area contributed by atoms with E-state index in [0.29, 0.717) is 17.3 Å². The number of nitrogens with one attached hydrogen (secondary N) is 1. The summed E-state index contributed by atoms with van der Waals surface area (Å²) >= 11 is 5.23. The molecule has 1 aromatic carbocycles. The Morgan fingerprint density at radius 1 is 1.35 bits per heavy atom. The van der Waals surface area contributed by atoms with E-state index in [1.54, 1.807) is 16.5 Å². The number of anilines is 1. The molecular formula is C12H16N4O2S2. The van der Waals surface area contributed by atoms with Gasteiger partial charge in [0.2, 0.25) is 10.7 Å². The highest BCUT2D eigenvalue weighted by Gasteiger charge is 2.14. The van der Waals surface area contributed by atoms with Crippen LogP contribution in [0.1, 0.15) is 0 Å². The summed E-state index contributed by atoms with van der Waals surface area (Å²) in [6.07, 6.45) is 1.22. The molecule has 0 radical (unpaired) electrons. The van der Waals surface area contributed by atoms with Crippen LogP contribution in [0.25, 0.3) is 5.69 Å². The van der Waals surface area contributed by atoms with E-state index in [0.717, 1.165) is 5.69 Å². The van der Waals surface area contributed by atoms with E-state index in [4.69, 9.17) is 12.2 Å². The Morgan fingerprint density at radius 2 is 2.00 bits per heavy atom. The fraction of sp³-hybridized carbons (Fsp3) is 0.333. The van der Waals surface area contributed by atoms with E-state index in [2.05, 4.69) is 10.2 Å². The van der Waals surface area contributed by atoms with E-state index in [-0.39, 0.29) is 5.75 Å². The minimum Gasteiger partial charge on any atom is -0.343 e. The molecule has 0 saturated carbocycles. The molecule has 2 aromatic rings. The standard InChI is InChI=1S/C12H16N4O2S2/c1-15(8-9-20(2,17)18)11-13-14-12(19)16(11)10-6-4-3-5-7-10/h3-7H,8-9H2,1-2H3,(H,14,19). The van der Waals surface area contributed by atoms with Gasteiger partial charge in [0.05, 0.1) is 11.4 Å². The second-order valence-corrected chi connectivity index (χ2v) is 7.20. The van der Waals surface area contributed by atoms with Gasteiger partial charge in [-0.2, -0.15) is 0 Å². The highest BCUT2D eigenvalue weighted by atomic mass is 32.2. The van der Waals surface area contributed by atoms with Crippen LogP contribution in [0.3, 0.4) is 0 Å². The monoisotopic (exact) mass is 312 g/mol. The van der Waals surface area contributed by atoms with Gasteiger partial charge in [-0.25, -0.2) is 13.5 Å². The first kappa shape index (κ1) is 14.7. The van der Waals surface area contributed by atoms with Gasteiger partial charge in [-0.3, -0.25) is 4.57 Å². The molecule has 0 aliphatic heterocycles. The SMILES string of the molecule is CN(CCS(C)(=O)=O)c1n[nH]c(=S)n1-c1ccccc1. The van der Waals surface area contributed by atoms with Gasteiger partial charge < -0.3 is 4.90 Å². The van der Waals surface area contributed by atoms with Crippen LogP contribution in [0, 0.1) is 4.77 Å². The third-order valence-electron chi connectivity index (χ3n) is 2.81. The molecule has 6 nitrogen and oxygen atoms in total. The Kier molecular flexibility index (Phi) is 4.24. The molecule has 8 heteroatoms. The summed E-state index contributed by atoms with van der Waals surface area (Å²) in [7, 11) is -1.23. The third-order valence-corrected chi connectivity index (χ3v) is 4.01. The molecule has 0 aliphatic carbocycles. The minimum absolute atomic E-state index is 0.0674. The summed E-state index contributed by atoms with van der Waals surface area (Å²) in [5.41, 5.74) is 0.882. The minimum atomic E-state index is -3.01. The molecule has 0 saturated heterocycles. The Labute approximate surface area is 123 Å². The van der Waals surface area contributed by atoms with Crippen LogP contribution in [0.5, 0.6) is 0 Å². The number of sulfone groups is 1. The van der Waals surface area contributed by atoms with Crippen LogP contribution in [-0.2, 0) is 9.84 Å². The van der Waals surface area contributed by atoms with Crippen LogP contribution < -0.4 is 4.90 Å². The van der Waals surface area contributed by atoms with Crippen molar-refractivity contribution in [1.29, 1.82) is 0 Å². The van der Waals surface area contributed by atoms with Crippen molar-refractivity contribution in [3.05, 3.63) is 35.1 Å². The summed E-state index contributed by atoms with van der Waals surface area (Å²) in [6, 6.07) is 9.56. The largest absolute Gasteiger partial charge is 0.343 e. The fourth-order valence-electron chi connectivity index (χ4n) is 1.76. The molecule has 0 amide bonds. The molecule has 2 rings (SSSR count). The molecule has 0 aliphatic rings. The van der Waals surface area contributed by atoms with Crippen LogP contribution >= 0.6 is 12.2 Å². The van der Waals surface area contributed by atoms with Gasteiger partial charge in [-0.15, -0.1) is 5.10 Å². The van der Waals surface area contributed by atoms with Gasteiger partial charge in [-0.1, -0.05) is 18.2 Å². The smallest absolute Gasteiger partial charge is 0.230 e. The van der Waals surface area contributed by atoms with Crippen molar-refractivity contribution in [2.75, 3.05) is 30.5 Å². The highest BCUT2D eigenvalue weighted by Crippen LogP contribution is 2.16. The summed E-state index contributed by atoms with van der Waals surface area (Å²) in [4.78, 5) is 1.76. The number of aromatic nitrogens is 3. The average Bonchev–Trinajstić information content (AvgIpc) is 2.78. The zero-order chi connectivity index (χ0) is 14.8. The quantitative estimate of drug-likeness (QED) is 0.845. The second kappa shape index (κ2) is 5.76. The molecule has 0 fully saturated rings. The number of H-pyrrole nitrogens is 1. The zero-order valence-corrected chi connectivity index (χ0v) is 12.9. The Balaban J connectivity index is 2.32. The van der Waals surface area contributed by atoms with Gasteiger partial charge in [0.25, 0.3) is 0 Å². The molecule has 108 valence electrons. The summed E-state index contributed by atoms with van der Waals surface area (Å²) in [6.45, 7) is 0.352. The van der Waals surface area contributed by atoms with Crippen molar-refractivity contribution in [3.8, 4) is 5.69 Å². The van der Waals surface area contributed by atoms with Crippen molar-refractivity contribution in [3.63, 3.8) is 0 Å². The molecule has 20 heavy (non-hydrogen) atoms. The maximum atomic E-state index is 11.2. The van der Waals surface area contributed by atoms with Gasteiger partial charge in [0, 0.05) is 19.8 Å². The lowest BCUT2D eigenvalue weighted by Crippen LogP contribution is -2.27. The van der Waals surface area contributed by atoms with Crippen molar-refractivity contribution in [2.24, 2.45) is 0 Å². The molecule has 1 N–H and O–H groups in total. The maximum absolute atomic E-state index is 11.2. The second-order valence-electron chi connectivity index (χ2n) is 4.55. The van der Waals surface area contributed by atoms with Gasteiger partial charge in [0.15, 0.2) is 0 Å². The van der Waals surface area contributed by atoms with Crippen molar-refractivity contribution in [2.45, 2.75) is 0 Å². The number of nitrogens with zero attached hydrogens (tertiary/aromatic N) is 3. The predicted octanol–water partition coefficient (Wildman–Crippen LogP) is 1.41. The number of hydrogen-bond donors (Lipinski definition) is 1. The van der Waals surface area contributed by atoms with Crippen LogP contribution in [0.15, 0.2) is 30.3 Å². The van der Waals surface area contributed by atoms with Gasteiger partial charge >= 0.3 is 0 Å². The Hall–Kier alpha value is -1.67. The number of aromatic amines is 1. The lowest BCUT2D eigenvalue weighted by Gasteiger charge is -2.18. The van der Waals surface area contributed by atoms with Crippen molar-refractivity contribution >= 4 is 28.0 Å². The molecule has 0 atom stereocenters. The van der Waals surface area contributed by atoms with E-state index in [9.17, 15) is 8.42 Å². The maximum Gasteiger partial charge on any atom is 0.230 e. The number of hydrogen-bond acceptors (Lipinski definition) is 5. The number of rotatable bonds is 5. The molecule has 0 unspecified atom stereocenters. The van der Waals surface area contributed by atoms with E-state index < -0.39 is 9.84 Å². The molecular weight excluding hydrogens is 296 g/mol. The van der Waals surface area contributed by atoms with E-state index in [1.807, 2.05) is 30.3 Å². The first-order valence-electron chi connectivity index (χ1n) is 6.00. The molecule has 1 aromatic heterocycles. The lowest BCUT2D eigenvalue weighted by atomic mass is 10.3. The first-order valence-corrected chi connectivity index (χ1v) is 8.47. The average molecular weight is 312 g/mol. The zero-order valence-electron chi connectivity index (χ0n) is 11.3. The molecule has 0 spiro atoms. The van der Waals surface area contributed by atoms with Crippen LogP contribution in [0.2, 0.25) is 0 Å². The molecule has 1 heterocycles. The van der Waals surface area contributed by atoms with Gasteiger partial charge in [-0.05, 0) is 24.4 Å². The Bertz CT molecular complexity index is 734. The van der Waals surface area contributed by atoms with Crippen molar-refractivity contribution < 1.29 is 8.42 Å². The first-order chi connectivity index (χ1) is 9.38. The van der Waals surface area contributed by atoms with E-state index >= 15 is 0 Å². The fourth-order valence-corrected chi connectivity index (χ4v) is 2.60. The Morgan fingerprint density at radius 3 is 2.60 bits per heavy atom. The van der Waals surface area contributed by atoms with Crippen molar-refractivity contribution in [1.82, 2.24) is 14.8 Å². The lowest BCUT2D eigenvalue weighted by molar-refractivity contribution is 0.600. The summed E-state index contributed by atoms with van der Waals surface area (Å²) in [5, 5.41) is 6.91. The normalized spacial score (nSPS) is 11.5. The third kappa shape index (κ3) is 3.45. The predicted molar refractivity (Wildman–Crippen MR) is 81.7 cm³/mol. The highest BCUT2D eigenvalue weighted by molar-refractivity contribution is 7.90. The summed E-state index contributed by atoms with van der Waals surface area (Å²) < 4.78 is 24.7. The number of para-hydroxylation sites is 1. The van der Waals surface area contributed by atoms with Crippen LogP contribution in [-0.4, -0.2) is 48.8 Å². The van der Waals surface area contributed by atoms with Crippen LogP contribution in [0.4, 0.5) is 5.95 Å². The topological polar surface area (TPSA) is 71.0 Å². The van der Waals surface area contributed by atoms with E-state index in [1.165, 1.54) is 6.26 Å².